The summed E-state index contributed by atoms with van der Waals surface area (Å²) in [5, 5.41) is 13.4. The summed E-state index contributed by atoms with van der Waals surface area (Å²) in [5.41, 5.74) is 0. The van der Waals surface area contributed by atoms with Gasteiger partial charge in [0.25, 0.3) is 0 Å². The van der Waals surface area contributed by atoms with E-state index in [1.54, 1.807) is 0 Å². The molecule has 0 saturated carbocycles. The summed E-state index contributed by atoms with van der Waals surface area (Å²) >= 11 is 0. The van der Waals surface area contributed by atoms with Crippen molar-refractivity contribution in [1.82, 2.24) is 19.9 Å². The van der Waals surface area contributed by atoms with Crippen LogP contribution in [-0.4, -0.2) is 63.4 Å². The molecular formula is C15H26N4O2. The Kier molecular flexibility index (Phi) is 4.87. The van der Waals surface area contributed by atoms with E-state index in [1.807, 2.05) is 6.92 Å². The van der Waals surface area contributed by atoms with E-state index in [1.165, 1.54) is 19.3 Å². The fourth-order valence-corrected chi connectivity index (χ4v) is 3.59. The van der Waals surface area contributed by atoms with Gasteiger partial charge in [-0.25, -0.2) is 0 Å². The second-order valence-corrected chi connectivity index (χ2v) is 6.20. The van der Waals surface area contributed by atoms with E-state index in [0.29, 0.717) is 12.1 Å². The van der Waals surface area contributed by atoms with Gasteiger partial charge in [0, 0.05) is 25.0 Å². The van der Waals surface area contributed by atoms with E-state index in [9.17, 15) is 5.11 Å². The molecule has 2 saturated heterocycles. The molecule has 0 bridgehead atoms. The van der Waals surface area contributed by atoms with Crippen LogP contribution >= 0.6 is 0 Å². The van der Waals surface area contributed by atoms with Crippen molar-refractivity contribution in [2.24, 2.45) is 0 Å². The Morgan fingerprint density at radius 1 is 1.19 bits per heavy atom. The highest BCUT2D eigenvalue weighted by molar-refractivity contribution is 4.91. The zero-order valence-electron chi connectivity index (χ0n) is 12.9. The summed E-state index contributed by atoms with van der Waals surface area (Å²) in [7, 11) is 0. The average Bonchev–Trinajstić information content (AvgIpc) is 3.22. The monoisotopic (exact) mass is 294 g/mol. The first-order valence-electron chi connectivity index (χ1n) is 8.20. The van der Waals surface area contributed by atoms with E-state index < -0.39 is 0 Å². The van der Waals surface area contributed by atoms with E-state index in [4.69, 9.17) is 4.52 Å². The van der Waals surface area contributed by atoms with Gasteiger partial charge in [-0.1, -0.05) is 12.1 Å². The topological polar surface area (TPSA) is 65.6 Å². The number of rotatable bonds is 6. The number of aliphatic hydroxyl groups excluding tert-OH is 1. The highest BCUT2D eigenvalue weighted by atomic mass is 16.5. The summed E-state index contributed by atoms with van der Waals surface area (Å²) in [5.74, 6) is 1.53. The third kappa shape index (κ3) is 3.44. The molecule has 0 radical (unpaired) electrons. The van der Waals surface area contributed by atoms with Gasteiger partial charge < -0.3 is 9.63 Å². The van der Waals surface area contributed by atoms with Crippen LogP contribution in [0, 0.1) is 0 Å². The largest absolute Gasteiger partial charge is 0.395 e. The number of aliphatic hydroxyl groups is 1. The highest BCUT2D eigenvalue weighted by Gasteiger charge is 2.31. The minimum absolute atomic E-state index is 0.288. The van der Waals surface area contributed by atoms with Crippen LogP contribution in [0.4, 0.5) is 0 Å². The Balaban J connectivity index is 1.57. The van der Waals surface area contributed by atoms with Gasteiger partial charge in [0.05, 0.1) is 13.2 Å². The zero-order valence-corrected chi connectivity index (χ0v) is 12.9. The molecule has 3 rings (SSSR count). The fourth-order valence-electron chi connectivity index (χ4n) is 3.59. The molecule has 118 valence electrons. The smallest absolute Gasteiger partial charge is 0.240 e. The average molecular weight is 294 g/mol. The second kappa shape index (κ2) is 6.85. The molecule has 1 aromatic rings. The predicted octanol–water partition coefficient (Wildman–Crippen LogP) is 1.05. The molecule has 2 atom stereocenters. The molecule has 3 heterocycles. The molecule has 0 aliphatic carbocycles. The molecule has 6 nitrogen and oxygen atoms in total. The lowest BCUT2D eigenvalue weighted by Crippen LogP contribution is -2.43. The van der Waals surface area contributed by atoms with Gasteiger partial charge in [0.2, 0.25) is 5.89 Å². The molecule has 6 heteroatoms. The Hall–Kier alpha value is -0.980. The first kappa shape index (κ1) is 14.9. The number of nitrogens with zero attached hydrogens (tertiary/aromatic N) is 4. The van der Waals surface area contributed by atoms with Crippen molar-refractivity contribution in [3.8, 4) is 0 Å². The van der Waals surface area contributed by atoms with Crippen molar-refractivity contribution in [1.29, 1.82) is 0 Å². The second-order valence-electron chi connectivity index (χ2n) is 6.20. The van der Waals surface area contributed by atoms with E-state index >= 15 is 0 Å². The summed E-state index contributed by atoms with van der Waals surface area (Å²) in [6.07, 6.45) is 5.62. The van der Waals surface area contributed by atoms with Gasteiger partial charge in [-0.15, -0.1) is 0 Å². The molecule has 2 unspecified atom stereocenters. The van der Waals surface area contributed by atoms with Gasteiger partial charge >= 0.3 is 0 Å². The number of hydrogen-bond acceptors (Lipinski definition) is 6. The van der Waals surface area contributed by atoms with Crippen LogP contribution in [0.5, 0.6) is 0 Å². The van der Waals surface area contributed by atoms with Crippen molar-refractivity contribution in [2.45, 2.75) is 57.7 Å². The van der Waals surface area contributed by atoms with E-state index in [2.05, 4.69) is 19.9 Å². The van der Waals surface area contributed by atoms with Crippen molar-refractivity contribution >= 4 is 0 Å². The molecule has 21 heavy (non-hydrogen) atoms. The lowest BCUT2D eigenvalue weighted by molar-refractivity contribution is 0.115. The van der Waals surface area contributed by atoms with Crippen molar-refractivity contribution in [2.75, 3.05) is 26.2 Å². The quantitative estimate of drug-likeness (QED) is 0.846. The van der Waals surface area contributed by atoms with E-state index in [0.717, 1.165) is 50.7 Å². The molecule has 0 aromatic carbocycles. The standard InChI is InChI=1S/C15H26N4O2/c1-2-14-16-15(21-17-14)10-19-8-3-5-12(19)9-18-7-4-6-13(18)11-20/h12-13,20H,2-11H2,1H3. The predicted molar refractivity (Wildman–Crippen MR) is 78.8 cm³/mol. The van der Waals surface area contributed by atoms with Gasteiger partial charge in [-0.2, -0.15) is 4.98 Å². The fraction of sp³-hybridized carbons (Fsp3) is 0.867. The number of hydrogen-bond donors (Lipinski definition) is 1. The highest BCUT2D eigenvalue weighted by Crippen LogP contribution is 2.24. The van der Waals surface area contributed by atoms with Gasteiger partial charge in [-0.05, 0) is 38.8 Å². The minimum Gasteiger partial charge on any atom is -0.395 e. The first-order valence-corrected chi connectivity index (χ1v) is 8.20. The Morgan fingerprint density at radius 2 is 1.95 bits per heavy atom. The van der Waals surface area contributed by atoms with Crippen molar-refractivity contribution < 1.29 is 9.63 Å². The molecule has 2 aliphatic heterocycles. The molecule has 2 fully saturated rings. The van der Waals surface area contributed by atoms with Crippen LogP contribution in [0.25, 0.3) is 0 Å². The molecule has 1 N–H and O–H groups in total. The maximum Gasteiger partial charge on any atom is 0.240 e. The SMILES string of the molecule is CCc1noc(CN2CCCC2CN2CCCC2CO)n1. The Labute approximate surface area is 126 Å². The molecule has 0 spiro atoms. The summed E-state index contributed by atoms with van der Waals surface area (Å²) in [6, 6.07) is 0.914. The van der Waals surface area contributed by atoms with Gasteiger partial charge in [0.1, 0.15) is 0 Å². The zero-order chi connectivity index (χ0) is 14.7. The van der Waals surface area contributed by atoms with Crippen LogP contribution in [0.15, 0.2) is 4.52 Å². The lowest BCUT2D eigenvalue weighted by Gasteiger charge is -2.30. The van der Waals surface area contributed by atoms with Crippen LogP contribution in [0.3, 0.4) is 0 Å². The van der Waals surface area contributed by atoms with Crippen LogP contribution < -0.4 is 0 Å². The van der Waals surface area contributed by atoms with Crippen LogP contribution in [-0.2, 0) is 13.0 Å². The van der Waals surface area contributed by atoms with Crippen molar-refractivity contribution in [3.63, 3.8) is 0 Å². The Bertz CT molecular complexity index is 451. The summed E-state index contributed by atoms with van der Waals surface area (Å²) in [4.78, 5) is 9.33. The lowest BCUT2D eigenvalue weighted by atomic mass is 10.2. The maximum atomic E-state index is 9.45. The summed E-state index contributed by atoms with van der Waals surface area (Å²) in [6.45, 7) is 6.36. The number of likely N-dealkylation sites (tertiary alicyclic amines) is 2. The minimum atomic E-state index is 0.288. The molecule has 1 aromatic heterocycles. The third-order valence-corrected chi connectivity index (χ3v) is 4.82. The Morgan fingerprint density at radius 3 is 2.67 bits per heavy atom. The van der Waals surface area contributed by atoms with Crippen molar-refractivity contribution in [3.05, 3.63) is 11.7 Å². The molecular weight excluding hydrogens is 268 g/mol. The van der Waals surface area contributed by atoms with Gasteiger partial charge in [-0.3, -0.25) is 9.80 Å². The van der Waals surface area contributed by atoms with Crippen LogP contribution in [0.1, 0.15) is 44.3 Å². The van der Waals surface area contributed by atoms with Gasteiger partial charge in [0.15, 0.2) is 5.82 Å². The number of aromatic nitrogens is 2. The van der Waals surface area contributed by atoms with E-state index in [-0.39, 0.29) is 6.61 Å². The first-order chi connectivity index (χ1) is 10.3. The molecule has 0 amide bonds. The third-order valence-electron chi connectivity index (χ3n) is 4.82. The molecule has 2 aliphatic rings. The normalized spacial score (nSPS) is 27.7. The number of aryl methyl sites for hydroxylation is 1. The van der Waals surface area contributed by atoms with Crippen LogP contribution in [0.2, 0.25) is 0 Å². The maximum absolute atomic E-state index is 9.45. The summed E-state index contributed by atoms with van der Waals surface area (Å²) < 4.78 is 5.32.